The Morgan fingerprint density at radius 1 is 1.44 bits per heavy atom. The van der Waals surface area contributed by atoms with Crippen molar-refractivity contribution in [3.63, 3.8) is 0 Å². The first-order valence-corrected chi connectivity index (χ1v) is 7.50. The Labute approximate surface area is 112 Å². The lowest BCUT2D eigenvalue weighted by atomic mass is 9.83. The molecule has 1 aromatic rings. The molecule has 0 aliphatic heterocycles. The first-order chi connectivity index (χ1) is 8.42. The highest BCUT2D eigenvalue weighted by atomic mass is 35.5. The van der Waals surface area contributed by atoms with Gasteiger partial charge in [-0.1, -0.05) is 18.5 Å². The Morgan fingerprint density at radius 2 is 2.11 bits per heavy atom. The summed E-state index contributed by atoms with van der Waals surface area (Å²) in [5.74, 6) is 0.564. The maximum atomic E-state index is 12.1. The molecule has 0 aromatic heterocycles. The van der Waals surface area contributed by atoms with E-state index in [1.54, 1.807) is 0 Å². The highest BCUT2D eigenvalue weighted by molar-refractivity contribution is 7.89. The molecule has 1 aliphatic carbocycles. The maximum absolute atomic E-state index is 12.1. The summed E-state index contributed by atoms with van der Waals surface area (Å²) < 4.78 is 26.8. The van der Waals surface area contributed by atoms with E-state index in [0.29, 0.717) is 11.5 Å². The topological polar surface area (TPSA) is 70.0 Å². The molecule has 1 aromatic carbocycles. The van der Waals surface area contributed by atoms with Gasteiger partial charge in [-0.2, -0.15) is 5.26 Å². The zero-order chi connectivity index (χ0) is 13.3. The fraction of sp³-hybridized carbons (Fsp3) is 0.417. The second-order valence-corrected chi connectivity index (χ2v) is 6.74. The van der Waals surface area contributed by atoms with Crippen molar-refractivity contribution in [1.29, 1.82) is 5.26 Å². The molecule has 0 unspecified atom stereocenters. The summed E-state index contributed by atoms with van der Waals surface area (Å²) in [4.78, 5) is 0.0303. The van der Waals surface area contributed by atoms with E-state index in [1.165, 1.54) is 18.2 Å². The van der Waals surface area contributed by atoms with Crippen LogP contribution in [-0.4, -0.2) is 14.5 Å². The van der Waals surface area contributed by atoms with Crippen molar-refractivity contribution in [2.24, 2.45) is 5.92 Å². The van der Waals surface area contributed by atoms with Crippen molar-refractivity contribution in [2.75, 3.05) is 0 Å². The second-order valence-electron chi connectivity index (χ2n) is 4.65. The first-order valence-electron chi connectivity index (χ1n) is 5.64. The summed E-state index contributed by atoms with van der Waals surface area (Å²) in [5.41, 5.74) is 0.344. The Bertz CT molecular complexity index is 601. The van der Waals surface area contributed by atoms with Gasteiger partial charge in [-0.15, -0.1) is 0 Å². The number of hydrogen-bond acceptors (Lipinski definition) is 3. The standard InChI is InChI=1S/C12H13ClN2O2S/c1-8-4-10(5-8)15-18(16,17)12-3-2-9(7-14)6-11(12)13/h2-3,6,8,10,15H,4-5H2,1H3. The number of benzene rings is 1. The fourth-order valence-corrected chi connectivity index (χ4v) is 3.88. The maximum Gasteiger partial charge on any atom is 0.242 e. The van der Waals surface area contributed by atoms with E-state index in [9.17, 15) is 8.42 Å². The molecular formula is C12H13ClN2O2S. The van der Waals surface area contributed by atoms with Crippen LogP contribution in [0.1, 0.15) is 25.3 Å². The van der Waals surface area contributed by atoms with E-state index in [0.717, 1.165) is 12.8 Å². The third kappa shape index (κ3) is 2.66. The van der Waals surface area contributed by atoms with Crippen LogP contribution in [0.15, 0.2) is 23.1 Å². The lowest BCUT2D eigenvalue weighted by molar-refractivity contribution is 0.270. The molecule has 0 heterocycles. The smallest absolute Gasteiger partial charge is 0.208 e. The molecule has 6 heteroatoms. The summed E-state index contributed by atoms with van der Waals surface area (Å²) in [6.45, 7) is 2.08. The molecule has 1 fully saturated rings. The lowest BCUT2D eigenvalue weighted by Gasteiger charge is -2.32. The quantitative estimate of drug-likeness (QED) is 0.926. The van der Waals surface area contributed by atoms with Gasteiger partial charge in [0.2, 0.25) is 10.0 Å². The fourth-order valence-electron chi connectivity index (χ4n) is 2.07. The Balaban J connectivity index is 2.22. The van der Waals surface area contributed by atoms with Gasteiger partial charge < -0.3 is 0 Å². The van der Waals surface area contributed by atoms with Crippen LogP contribution in [-0.2, 0) is 10.0 Å². The molecule has 1 N–H and O–H groups in total. The van der Waals surface area contributed by atoms with E-state index in [4.69, 9.17) is 16.9 Å². The highest BCUT2D eigenvalue weighted by Gasteiger charge is 2.30. The zero-order valence-electron chi connectivity index (χ0n) is 9.85. The average molecular weight is 285 g/mol. The molecule has 0 bridgehead atoms. The zero-order valence-corrected chi connectivity index (χ0v) is 11.4. The van der Waals surface area contributed by atoms with Crippen molar-refractivity contribution in [3.8, 4) is 6.07 Å². The van der Waals surface area contributed by atoms with Crippen molar-refractivity contribution in [3.05, 3.63) is 28.8 Å². The highest BCUT2D eigenvalue weighted by Crippen LogP contribution is 2.29. The molecule has 1 saturated carbocycles. The number of nitriles is 1. The van der Waals surface area contributed by atoms with Gasteiger partial charge in [0, 0.05) is 6.04 Å². The molecule has 96 valence electrons. The summed E-state index contributed by atoms with van der Waals surface area (Å²) in [6.07, 6.45) is 1.71. The van der Waals surface area contributed by atoms with Gasteiger partial charge in [-0.05, 0) is 37.0 Å². The van der Waals surface area contributed by atoms with Crippen molar-refractivity contribution >= 4 is 21.6 Å². The molecule has 4 nitrogen and oxygen atoms in total. The molecule has 0 spiro atoms. The molecule has 1 aliphatic rings. The Kier molecular flexibility index (Phi) is 3.62. The van der Waals surface area contributed by atoms with Gasteiger partial charge in [0.25, 0.3) is 0 Å². The summed E-state index contributed by atoms with van der Waals surface area (Å²) >= 11 is 5.90. The van der Waals surface area contributed by atoms with Crippen LogP contribution >= 0.6 is 11.6 Å². The Hall–Kier alpha value is -1.09. The molecule has 2 rings (SSSR count). The van der Waals surface area contributed by atoms with Gasteiger partial charge in [-0.3, -0.25) is 0 Å². The summed E-state index contributed by atoms with van der Waals surface area (Å²) in [7, 11) is -3.59. The van der Waals surface area contributed by atoms with Gasteiger partial charge in [0.05, 0.1) is 16.7 Å². The average Bonchev–Trinajstić information content (AvgIpc) is 2.26. The number of nitrogens with zero attached hydrogens (tertiary/aromatic N) is 1. The largest absolute Gasteiger partial charge is 0.242 e. The van der Waals surface area contributed by atoms with Crippen molar-refractivity contribution in [1.82, 2.24) is 4.72 Å². The molecule has 18 heavy (non-hydrogen) atoms. The SMILES string of the molecule is CC1CC(NS(=O)(=O)c2ccc(C#N)cc2Cl)C1. The number of nitrogens with one attached hydrogen (secondary N) is 1. The third-order valence-electron chi connectivity index (χ3n) is 3.05. The monoisotopic (exact) mass is 284 g/mol. The van der Waals surface area contributed by atoms with Gasteiger partial charge in [0.1, 0.15) is 4.90 Å². The van der Waals surface area contributed by atoms with Crippen LogP contribution in [0.4, 0.5) is 0 Å². The predicted molar refractivity (Wildman–Crippen MR) is 68.7 cm³/mol. The summed E-state index contributed by atoms with van der Waals surface area (Å²) in [6, 6.07) is 6.09. The normalized spacial score (nSPS) is 23.2. The van der Waals surface area contributed by atoms with Crippen LogP contribution < -0.4 is 4.72 Å². The van der Waals surface area contributed by atoms with Crippen LogP contribution in [0.5, 0.6) is 0 Å². The number of sulfonamides is 1. The minimum atomic E-state index is -3.59. The third-order valence-corrected chi connectivity index (χ3v) is 5.05. The van der Waals surface area contributed by atoms with E-state index in [2.05, 4.69) is 11.6 Å². The minimum absolute atomic E-state index is 0.00305. The van der Waals surface area contributed by atoms with Crippen LogP contribution in [0.2, 0.25) is 5.02 Å². The number of halogens is 1. The van der Waals surface area contributed by atoms with Crippen molar-refractivity contribution in [2.45, 2.75) is 30.7 Å². The van der Waals surface area contributed by atoms with E-state index < -0.39 is 10.0 Å². The van der Waals surface area contributed by atoms with E-state index >= 15 is 0 Å². The Morgan fingerprint density at radius 3 is 2.61 bits per heavy atom. The van der Waals surface area contributed by atoms with Gasteiger partial charge in [-0.25, -0.2) is 13.1 Å². The molecular weight excluding hydrogens is 272 g/mol. The lowest BCUT2D eigenvalue weighted by Crippen LogP contribution is -2.43. The molecule has 0 amide bonds. The van der Waals surface area contributed by atoms with Crippen LogP contribution in [0.25, 0.3) is 0 Å². The summed E-state index contributed by atoms with van der Waals surface area (Å²) in [5, 5.41) is 8.78. The predicted octanol–water partition coefficient (Wildman–Crippen LogP) is 2.29. The second kappa shape index (κ2) is 4.88. The molecule has 0 radical (unpaired) electrons. The van der Waals surface area contributed by atoms with Gasteiger partial charge >= 0.3 is 0 Å². The van der Waals surface area contributed by atoms with E-state index in [1.807, 2.05) is 6.07 Å². The first kappa shape index (κ1) is 13.3. The minimum Gasteiger partial charge on any atom is -0.208 e. The number of hydrogen-bond donors (Lipinski definition) is 1. The van der Waals surface area contributed by atoms with E-state index in [-0.39, 0.29) is 16.0 Å². The van der Waals surface area contributed by atoms with Gasteiger partial charge in [0.15, 0.2) is 0 Å². The van der Waals surface area contributed by atoms with Crippen molar-refractivity contribution < 1.29 is 8.42 Å². The van der Waals surface area contributed by atoms with Crippen LogP contribution in [0.3, 0.4) is 0 Å². The molecule has 0 atom stereocenters. The molecule has 0 saturated heterocycles. The van der Waals surface area contributed by atoms with Crippen LogP contribution in [0, 0.1) is 17.2 Å². The number of rotatable bonds is 3.